The number of primary amides is 1. The molecule has 2 amide bonds. The topological polar surface area (TPSA) is 96.5 Å². The first-order valence-corrected chi connectivity index (χ1v) is 8.30. The fourth-order valence-corrected chi connectivity index (χ4v) is 2.86. The van der Waals surface area contributed by atoms with Gasteiger partial charge in [0, 0.05) is 31.1 Å². The van der Waals surface area contributed by atoms with E-state index in [0.717, 1.165) is 0 Å². The molecule has 2 heterocycles. The lowest BCUT2D eigenvalue weighted by atomic mass is 10.0. The molecule has 1 aromatic heterocycles. The van der Waals surface area contributed by atoms with E-state index in [4.69, 9.17) is 5.73 Å². The van der Waals surface area contributed by atoms with Gasteiger partial charge in [-0.25, -0.2) is 9.37 Å². The van der Waals surface area contributed by atoms with E-state index in [-0.39, 0.29) is 23.4 Å². The van der Waals surface area contributed by atoms with Crippen LogP contribution in [0.25, 0.3) is 11.3 Å². The number of nitrogens with zero attached hydrogens (tertiary/aromatic N) is 2. The summed E-state index contributed by atoms with van der Waals surface area (Å²) in [6.07, 6.45) is 0.227. The molecule has 1 aliphatic rings. The Balaban J connectivity index is 2.00. The Morgan fingerprint density at radius 3 is 2.78 bits per heavy atom. The molecule has 3 rings (SSSR count). The molecule has 3 N–H and O–H groups in total. The van der Waals surface area contributed by atoms with Gasteiger partial charge in [-0.3, -0.25) is 9.59 Å². The summed E-state index contributed by atoms with van der Waals surface area (Å²) >= 11 is 0. The third-order valence-corrected chi connectivity index (χ3v) is 4.45. The Bertz CT molecular complexity index is 1010. The number of aromatic nitrogens is 1. The summed E-state index contributed by atoms with van der Waals surface area (Å²) < 4.78 is 14.5. The van der Waals surface area contributed by atoms with E-state index in [1.165, 1.54) is 17.9 Å². The third kappa shape index (κ3) is 3.52. The average molecular weight is 367 g/mol. The largest absolute Gasteiger partial charge is 0.369 e. The summed E-state index contributed by atoms with van der Waals surface area (Å²) in [6, 6.07) is 7.83. The summed E-state index contributed by atoms with van der Waals surface area (Å²) in [7, 11) is 1.60. The van der Waals surface area contributed by atoms with E-state index in [2.05, 4.69) is 16.8 Å². The Hall–Kier alpha value is -3.24. The van der Waals surface area contributed by atoms with Crippen LogP contribution in [-0.2, 0) is 4.79 Å². The van der Waals surface area contributed by atoms with Crippen molar-refractivity contribution in [2.75, 3.05) is 13.6 Å². The van der Waals surface area contributed by atoms with Crippen LogP contribution in [-0.4, -0.2) is 46.0 Å². The molecule has 1 atom stereocenters. The van der Waals surface area contributed by atoms with Crippen LogP contribution >= 0.6 is 0 Å². The minimum atomic E-state index is -1.71. The molecule has 0 bridgehead atoms. The number of likely N-dealkylation sites (tertiary alicyclic amines) is 1. The molecule has 2 aromatic rings. The Kier molecular flexibility index (Phi) is 4.68. The highest BCUT2D eigenvalue weighted by molar-refractivity contribution is 5.92. The third-order valence-electron chi connectivity index (χ3n) is 4.45. The van der Waals surface area contributed by atoms with Crippen LogP contribution in [0.3, 0.4) is 0 Å². The number of rotatable bonds is 2. The molecule has 1 aromatic carbocycles. The van der Waals surface area contributed by atoms with Gasteiger partial charge in [0.1, 0.15) is 11.4 Å². The van der Waals surface area contributed by atoms with Gasteiger partial charge in [0.25, 0.3) is 11.8 Å². The zero-order valence-corrected chi connectivity index (χ0v) is 14.9. The predicted molar refractivity (Wildman–Crippen MR) is 97.0 cm³/mol. The van der Waals surface area contributed by atoms with Crippen LogP contribution in [0.5, 0.6) is 0 Å². The van der Waals surface area contributed by atoms with E-state index >= 15 is 0 Å². The number of pyridine rings is 1. The highest BCUT2D eigenvalue weighted by Crippen LogP contribution is 2.25. The van der Waals surface area contributed by atoms with Crippen molar-refractivity contribution in [3.63, 3.8) is 0 Å². The number of hydrogen-bond donors (Lipinski definition) is 2. The van der Waals surface area contributed by atoms with E-state index in [1.54, 1.807) is 31.3 Å². The van der Waals surface area contributed by atoms with Crippen molar-refractivity contribution < 1.29 is 19.1 Å². The maximum atomic E-state index is 14.5. The molecule has 7 heteroatoms. The maximum Gasteiger partial charge on any atom is 0.267 e. The van der Waals surface area contributed by atoms with Gasteiger partial charge in [0.2, 0.25) is 5.60 Å². The smallest absolute Gasteiger partial charge is 0.267 e. The van der Waals surface area contributed by atoms with Crippen LogP contribution in [0.2, 0.25) is 0 Å². The predicted octanol–water partition coefficient (Wildman–Crippen LogP) is 1.24. The van der Waals surface area contributed by atoms with Crippen molar-refractivity contribution >= 4 is 11.8 Å². The first-order chi connectivity index (χ1) is 12.7. The van der Waals surface area contributed by atoms with Gasteiger partial charge in [-0.1, -0.05) is 24.0 Å². The number of amides is 2. The quantitative estimate of drug-likeness (QED) is 0.781. The number of aryl methyl sites for hydroxylation is 1. The minimum absolute atomic E-state index is 0.0113. The van der Waals surface area contributed by atoms with Crippen molar-refractivity contribution in [1.29, 1.82) is 0 Å². The zero-order valence-electron chi connectivity index (χ0n) is 14.9. The first-order valence-electron chi connectivity index (χ1n) is 8.30. The molecule has 0 unspecified atom stereocenters. The van der Waals surface area contributed by atoms with Gasteiger partial charge in [-0.15, -0.1) is 0 Å². The van der Waals surface area contributed by atoms with Crippen LogP contribution in [0, 0.1) is 24.6 Å². The fourth-order valence-electron chi connectivity index (χ4n) is 2.86. The number of carbonyl (C=O) groups excluding carboxylic acids is 2. The zero-order chi connectivity index (χ0) is 19.8. The molecule has 0 saturated carbocycles. The normalized spacial score (nSPS) is 19.0. The van der Waals surface area contributed by atoms with Crippen molar-refractivity contribution in [2.45, 2.75) is 18.9 Å². The number of carbonyl (C=O) groups is 2. The Labute approximate surface area is 155 Å². The SMILES string of the molecule is Cc1cc(C(N)=O)nc(-c2cccc(C#C[C@]3(O)CCN(C)C3=O)c2)c1F. The van der Waals surface area contributed by atoms with Gasteiger partial charge >= 0.3 is 0 Å². The van der Waals surface area contributed by atoms with E-state index in [0.29, 0.717) is 17.7 Å². The highest BCUT2D eigenvalue weighted by Gasteiger charge is 2.42. The van der Waals surface area contributed by atoms with Gasteiger partial charge in [0.05, 0.1) is 0 Å². The van der Waals surface area contributed by atoms with Crippen LogP contribution in [0.4, 0.5) is 4.39 Å². The van der Waals surface area contributed by atoms with Gasteiger partial charge < -0.3 is 15.7 Å². The van der Waals surface area contributed by atoms with Gasteiger partial charge in [0.15, 0.2) is 5.82 Å². The molecule has 27 heavy (non-hydrogen) atoms. The molecule has 1 aliphatic heterocycles. The summed E-state index contributed by atoms with van der Waals surface area (Å²) in [5.41, 5.74) is 4.64. The second kappa shape index (κ2) is 6.82. The van der Waals surface area contributed by atoms with E-state index in [1.807, 2.05) is 0 Å². The number of nitrogens with two attached hydrogens (primary N) is 1. The van der Waals surface area contributed by atoms with Gasteiger partial charge in [-0.05, 0) is 30.7 Å². The van der Waals surface area contributed by atoms with Gasteiger partial charge in [-0.2, -0.15) is 0 Å². The standard InChI is InChI=1S/C20H18FN3O3/c1-12-10-15(18(22)25)23-17(16(12)21)14-5-3-4-13(11-14)6-7-20(27)8-9-24(2)19(20)26/h3-5,10-11,27H,8-9H2,1-2H3,(H2,22,25)/t20-/m0/s1. The molecule has 1 saturated heterocycles. The lowest BCUT2D eigenvalue weighted by Gasteiger charge is -2.13. The Morgan fingerprint density at radius 1 is 1.41 bits per heavy atom. The average Bonchev–Trinajstić information content (AvgIpc) is 2.90. The molecule has 138 valence electrons. The van der Waals surface area contributed by atoms with Crippen LogP contribution in [0.15, 0.2) is 30.3 Å². The molecule has 6 nitrogen and oxygen atoms in total. The van der Waals surface area contributed by atoms with E-state index in [9.17, 15) is 19.1 Å². The van der Waals surface area contributed by atoms with E-state index < -0.39 is 23.2 Å². The fraction of sp³-hybridized carbons (Fsp3) is 0.250. The summed E-state index contributed by atoms with van der Waals surface area (Å²) in [5.74, 6) is 3.64. The number of hydrogen-bond acceptors (Lipinski definition) is 4. The van der Waals surface area contributed by atoms with Crippen molar-refractivity contribution in [3.8, 4) is 23.1 Å². The second-order valence-corrected chi connectivity index (χ2v) is 6.52. The summed E-state index contributed by atoms with van der Waals surface area (Å²) in [5, 5.41) is 10.4. The lowest BCUT2D eigenvalue weighted by Crippen LogP contribution is -2.37. The molecular formula is C20H18FN3O3. The van der Waals surface area contributed by atoms with Crippen LogP contribution in [0.1, 0.15) is 28.0 Å². The highest BCUT2D eigenvalue weighted by atomic mass is 19.1. The maximum absolute atomic E-state index is 14.5. The lowest BCUT2D eigenvalue weighted by molar-refractivity contribution is -0.137. The van der Waals surface area contributed by atoms with Crippen LogP contribution < -0.4 is 5.73 Å². The molecule has 0 aliphatic carbocycles. The first kappa shape index (κ1) is 18.5. The minimum Gasteiger partial charge on any atom is -0.369 e. The number of likely N-dealkylation sites (N-methyl/N-ethyl adjacent to an activating group) is 1. The summed E-state index contributed by atoms with van der Waals surface area (Å²) in [6.45, 7) is 1.95. The summed E-state index contributed by atoms with van der Waals surface area (Å²) in [4.78, 5) is 28.8. The number of halogens is 1. The van der Waals surface area contributed by atoms with Crippen molar-refractivity contribution in [3.05, 3.63) is 53.0 Å². The molecule has 0 spiro atoms. The number of benzene rings is 1. The van der Waals surface area contributed by atoms with Crippen molar-refractivity contribution in [2.24, 2.45) is 5.73 Å². The molecule has 1 fully saturated rings. The van der Waals surface area contributed by atoms with Crippen molar-refractivity contribution in [1.82, 2.24) is 9.88 Å². The molecule has 0 radical (unpaired) electrons. The monoisotopic (exact) mass is 367 g/mol. The second-order valence-electron chi connectivity index (χ2n) is 6.52. The molecular weight excluding hydrogens is 349 g/mol. The Morgan fingerprint density at radius 2 is 2.15 bits per heavy atom. The number of aliphatic hydroxyl groups is 1.